The second-order valence-corrected chi connectivity index (χ2v) is 10.8. The molecule has 2 fully saturated rings. The monoisotopic (exact) mass is 654 g/mol. The van der Waals surface area contributed by atoms with E-state index in [1.807, 2.05) is 0 Å². The van der Waals surface area contributed by atoms with Crippen LogP contribution in [0.25, 0.3) is 22.3 Å². The van der Waals surface area contributed by atoms with Crippen molar-refractivity contribution < 1.29 is 79.2 Å². The van der Waals surface area contributed by atoms with Gasteiger partial charge in [0.25, 0.3) is 0 Å². The van der Waals surface area contributed by atoms with Gasteiger partial charge in [-0.05, 0) is 25.1 Å². The van der Waals surface area contributed by atoms with E-state index in [4.69, 9.17) is 33.2 Å². The Morgan fingerprint density at radius 3 is 2.20 bits per heavy atom. The predicted molar refractivity (Wildman–Crippen MR) is 151 cm³/mol. The highest BCUT2D eigenvalue weighted by Gasteiger charge is 2.47. The fraction of sp³-hybridized carbons (Fsp3) is 0.483. The Kier molecular flexibility index (Phi) is 9.89. The Labute approximate surface area is 259 Å². The van der Waals surface area contributed by atoms with Crippen molar-refractivity contribution in [1.82, 2.24) is 0 Å². The van der Waals surface area contributed by atoms with Crippen LogP contribution in [0.1, 0.15) is 6.92 Å². The molecule has 2 aliphatic rings. The number of benzene rings is 2. The largest absolute Gasteiger partial charge is 0.508 e. The summed E-state index contributed by atoms with van der Waals surface area (Å²) in [6.45, 7) is 0.354. The van der Waals surface area contributed by atoms with Gasteiger partial charge in [-0.1, -0.05) is 0 Å². The van der Waals surface area contributed by atoms with Gasteiger partial charge < -0.3 is 79.2 Å². The number of ether oxygens (including phenoxy) is 5. The molecule has 252 valence electrons. The SMILES string of the molecule is C[C@@H]1OC(OC[C@H]2O[C@@H](Oc3c(-c4ccc(OCCO)c(O)c4)oc4cc(O)cc(O)c4c3=O)[C@H](O)[C@@H](O)[C@@H]2O)[C@H](O)[C@H](O)[C@H]1O. The summed E-state index contributed by atoms with van der Waals surface area (Å²) in [6.07, 6.45) is -16.2. The number of hydrogen-bond acceptors (Lipinski definition) is 17. The van der Waals surface area contributed by atoms with E-state index in [-0.39, 0.29) is 35.9 Å². The molecule has 2 saturated heterocycles. The molecule has 3 aromatic rings. The van der Waals surface area contributed by atoms with E-state index in [0.29, 0.717) is 0 Å². The molecule has 0 amide bonds. The zero-order chi connectivity index (χ0) is 33.4. The fourth-order valence-electron chi connectivity index (χ4n) is 5.11. The van der Waals surface area contributed by atoms with Crippen molar-refractivity contribution in [3.8, 4) is 40.1 Å². The van der Waals surface area contributed by atoms with Crippen LogP contribution in [0.3, 0.4) is 0 Å². The first-order chi connectivity index (χ1) is 21.8. The topological polar surface area (TPSA) is 279 Å². The Balaban J connectivity index is 1.48. The summed E-state index contributed by atoms with van der Waals surface area (Å²) in [6, 6.07) is 5.69. The lowest BCUT2D eigenvalue weighted by Gasteiger charge is -2.42. The maximum Gasteiger partial charge on any atom is 0.239 e. The van der Waals surface area contributed by atoms with Crippen LogP contribution in [0.2, 0.25) is 0 Å². The number of hydrogen-bond donors (Lipinski definition) is 10. The molecule has 17 heteroatoms. The van der Waals surface area contributed by atoms with E-state index < -0.39 is 102 Å². The van der Waals surface area contributed by atoms with Crippen molar-refractivity contribution in [2.75, 3.05) is 19.8 Å². The molecule has 3 heterocycles. The van der Waals surface area contributed by atoms with Crippen LogP contribution >= 0.6 is 0 Å². The van der Waals surface area contributed by atoms with E-state index in [2.05, 4.69) is 0 Å². The van der Waals surface area contributed by atoms with Gasteiger partial charge in [-0.25, -0.2) is 0 Å². The highest BCUT2D eigenvalue weighted by molar-refractivity contribution is 5.88. The van der Waals surface area contributed by atoms with Crippen LogP contribution in [0.5, 0.6) is 28.7 Å². The van der Waals surface area contributed by atoms with Crippen molar-refractivity contribution in [1.29, 1.82) is 0 Å². The van der Waals surface area contributed by atoms with Gasteiger partial charge in [-0.3, -0.25) is 4.79 Å². The molecule has 17 nitrogen and oxygen atoms in total. The van der Waals surface area contributed by atoms with Crippen LogP contribution in [0, 0.1) is 0 Å². The second-order valence-electron chi connectivity index (χ2n) is 10.8. The molecule has 10 atom stereocenters. The molecule has 1 aromatic heterocycles. The highest BCUT2D eigenvalue weighted by atomic mass is 16.7. The summed E-state index contributed by atoms with van der Waals surface area (Å²) in [7, 11) is 0. The maximum atomic E-state index is 13.7. The highest BCUT2D eigenvalue weighted by Crippen LogP contribution is 2.40. The van der Waals surface area contributed by atoms with Crippen LogP contribution in [0.4, 0.5) is 0 Å². The zero-order valence-corrected chi connectivity index (χ0v) is 24.1. The van der Waals surface area contributed by atoms with Crippen molar-refractivity contribution >= 4 is 11.0 Å². The predicted octanol–water partition coefficient (Wildman–Crippen LogP) is -2.02. The van der Waals surface area contributed by atoms with Gasteiger partial charge in [0.15, 0.2) is 23.5 Å². The van der Waals surface area contributed by atoms with Gasteiger partial charge >= 0.3 is 0 Å². The van der Waals surface area contributed by atoms with E-state index >= 15 is 0 Å². The smallest absolute Gasteiger partial charge is 0.239 e. The quantitative estimate of drug-likeness (QED) is 0.119. The van der Waals surface area contributed by atoms with Gasteiger partial charge in [0.1, 0.15) is 71.8 Å². The average Bonchev–Trinajstić information content (AvgIpc) is 3.01. The number of phenols is 3. The zero-order valence-electron chi connectivity index (χ0n) is 24.1. The van der Waals surface area contributed by atoms with E-state index in [1.165, 1.54) is 19.1 Å². The summed E-state index contributed by atoms with van der Waals surface area (Å²) in [5.41, 5.74) is -1.29. The molecule has 2 aliphatic heterocycles. The van der Waals surface area contributed by atoms with Crippen LogP contribution in [0.15, 0.2) is 39.5 Å². The van der Waals surface area contributed by atoms with E-state index in [1.54, 1.807) is 0 Å². The standard InChI is InChI=1S/C29H34O17/c1-10-19(34)22(37)24(39)28(43-10)42-9-17-20(35)23(38)25(40)29(45-17)46-27-21(36)18-14(33)7-12(31)8-16(18)44-26(27)11-2-3-15(13(32)6-11)41-5-4-30/h2-3,6-8,10,17,19-20,22-25,28-35,37-40H,4-5,9H2,1H3/t10-,17+,19-,20+,22+,23-,24+,25+,28?,29-/m0/s1. The molecule has 5 rings (SSSR count). The Bertz CT molecular complexity index is 1590. The van der Waals surface area contributed by atoms with Gasteiger partial charge in [0.2, 0.25) is 17.5 Å². The number of rotatable bonds is 9. The van der Waals surface area contributed by atoms with Crippen molar-refractivity contribution in [2.24, 2.45) is 0 Å². The third-order valence-corrected chi connectivity index (χ3v) is 7.62. The average molecular weight is 655 g/mol. The first-order valence-electron chi connectivity index (χ1n) is 14.1. The first kappa shape index (κ1) is 33.6. The number of phenolic OH excluding ortho intramolecular Hbond substituents is 3. The Hall–Kier alpha value is -3.75. The third kappa shape index (κ3) is 6.42. The maximum absolute atomic E-state index is 13.7. The molecule has 0 radical (unpaired) electrons. The van der Waals surface area contributed by atoms with Crippen molar-refractivity contribution in [2.45, 2.75) is 68.3 Å². The van der Waals surface area contributed by atoms with E-state index in [9.17, 15) is 50.8 Å². The van der Waals surface area contributed by atoms with Gasteiger partial charge in [0.05, 0.1) is 19.3 Å². The van der Waals surface area contributed by atoms with Crippen molar-refractivity contribution in [3.63, 3.8) is 0 Å². The fourth-order valence-corrected chi connectivity index (χ4v) is 5.11. The molecule has 0 aliphatic carbocycles. The molecule has 2 aromatic carbocycles. The van der Waals surface area contributed by atoms with Gasteiger partial charge in [-0.2, -0.15) is 0 Å². The third-order valence-electron chi connectivity index (χ3n) is 7.62. The molecule has 10 N–H and O–H groups in total. The summed E-state index contributed by atoms with van der Waals surface area (Å²) in [5.74, 6) is -2.64. The minimum absolute atomic E-state index is 0.00902. The van der Waals surface area contributed by atoms with Crippen LogP contribution < -0.4 is 14.9 Å². The number of fused-ring (bicyclic) bond motifs is 1. The van der Waals surface area contributed by atoms with Gasteiger partial charge in [-0.15, -0.1) is 0 Å². The molecule has 0 spiro atoms. The molecule has 1 unspecified atom stereocenters. The van der Waals surface area contributed by atoms with Crippen molar-refractivity contribution in [3.05, 3.63) is 40.6 Å². The molecule has 0 saturated carbocycles. The van der Waals surface area contributed by atoms with E-state index in [0.717, 1.165) is 18.2 Å². The normalized spacial score (nSPS) is 31.6. The molecule has 46 heavy (non-hydrogen) atoms. The molecule has 0 bridgehead atoms. The first-order valence-corrected chi connectivity index (χ1v) is 14.1. The number of aliphatic hydroxyl groups excluding tert-OH is 7. The molecular weight excluding hydrogens is 620 g/mol. The Morgan fingerprint density at radius 1 is 0.804 bits per heavy atom. The minimum atomic E-state index is -1.97. The second kappa shape index (κ2) is 13.5. The lowest BCUT2D eigenvalue weighted by Crippen LogP contribution is -2.61. The summed E-state index contributed by atoms with van der Waals surface area (Å²) in [4.78, 5) is 13.7. The lowest BCUT2D eigenvalue weighted by molar-refractivity contribution is -0.318. The minimum Gasteiger partial charge on any atom is -0.508 e. The number of aromatic hydroxyl groups is 3. The molecular formula is C29H34O17. The van der Waals surface area contributed by atoms with Crippen LogP contribution in [-0.4, -0.2) is 132 Å². The Morgan fingerprint density at radius 2 is 1.50 bits per heavy atom. The van der Waals surface area contributed by atoms with Crippen LogP contribution in [-0.2, 0) is 14.2 Å². The summed E-state index contributed by atoms with van der Waals surface area (Å²) in [5, 5.41) is 102. The summed E-state index contributed by atoms with van der Waals surface area (Å²) < 4.78 is 33.3. The van der Waals surface area contributed by atoms with Gasteiger partial charge in [0, 0.05) is 17.7 Å². The number of aliphatic hydroxyl groups is 7. The summed E-state index contributed by atoms with van der Waals surface area (Å²) >= 11 is 0. The lowest BCUT2D eigenvalue weighted by atomic mass is 9.98.